The van der Waals surface area contributed by atoms with Crippen LogP contribution in [0.5, 0.6) is 0 Å². The average molecular weight is 313 g/mol. The molecule has 2 heterocycles. The third kappa shape index (κ3) is 2.31. The van der Waals surface area contributed by atoms with Crippen molar-refractivity contribution in [2.45, 2.75) is 26.8 Å². The van der Waals surface area contributed by atoms with Gasteiger partial charge in [-0.15, -0.1) is 0 Å². The van der Waals surface area contributed by atoms with Crippen LogP contribution in [0.2, 0.25) is 0 Å². The van der Waals surface area contributed by atoms with Crippen molar-refractivity contribution in [2.24, 2.45) is 0 Å². The van der Waals surface area contributed by atoms with E-state index in [9.17, 15) is 4.79 Å². The molecule has 0 aromatic carbocycles. The quantitative estimate of drug-likeness (QED) is 0.908. The maximum absolute atomic E-state index is 11.4. The summed E-state index contributed by atoms with van der Waals surface area (Å²) in [6.45, 7) is 5.69. The molecule has 0 saturated carbocycles. The van der Waals surface area contributed by atoms with Crippen LogP contribution >= 0.6 is 15.9 Å². The molecule has 0 aliphatic carbocycles. The Labute approximate surface area is 112 Å². The summed E-state index contributed by atoms with van der Waals surface area (Å²) in [5, 5.41) is 7.06. The van der Waals surface area contributed by atoms with Crippen molar-refractivity contribution < 1.29 is 4.52 Å². The summed E-state index contributed by atoms with van der Waals surface area (Å²) in [7, 11) is 0. The van der Waals surface area contributed by atoms with Gasteiger partial charge in [0, 0.05) is 5.56 Å². The number of rotatable bonds is 3. The molecule has 18 heavy (non-hydrogen) atoms. The first kappa shape index (κ1) is 12.8. The minimum atomic E-state index is -0.224. The average Bonchev–Trinajstić information content (AvgIpc) is 2.65. The fourth-order valence-corrected chi connectivity index (χ4v) is 2.20. The highest BCUT2D eigenvalue weighted by atomic mass is 79.9. The van der Waals surface area contributed by atoms with Gasteiger partial charge in [-0.3, -0.25) is 4.79 Å². The molecule has 0 bridgehead atoms. The number of hydrogen-bond donors (Lipinski definition) is 2. The molecule has 6 nitrogen and oxygen atoms in total. The van der Waals surface area contributed by atoms with E-state index in [-0.39, 0.29) is 11.6 Å². The van der Waals surface area contributed by atoms with Gasteiger partial charge < -0.3 is 14.8 Å². The fraction of sp³-hybridized carbons (Fsp3) is 0.364. The second-order valence-electron chi connectivity index (χ2n) is 4.00. The van der Waals surface area contributed by atoms with E-state index in [4.69, 9.17) is 4.52 Å². The lowest BCUT2D eigenvalue weighted by atomic mass is 10.1. The third-order valence-corrected chi connectivity index (χ3v) is 3.41. The Balaban J connectivity index is 2.30. The van der Waals surface area contributed by atoms with Gasteiger partial charge in [-0.2, -0.15) is 0 Å². The molecule has 0 saturated heterocycles. The predicted octanol–water partition coefficient (Wildman–Crippen LogP) is 2.31. The number of nitrogens with zero attached hydrogens (tertiary/aromatic N) is 2. The van der Waals surface area contributed by atoms with Gasteiger partial charge in [-0.1, -0.05) is 5.16 Å². The molecule has 0 amide bonds. The summed E-state index contributed by atoms with van der Waals surface area (Å²) in [5.41, 5.74) is 1.58. The summed E-state index contributed by atoms with van der Waals surface area (Å²) >= 11 is 3.20. The molecule has 0 spiro atoms. The Morgan fingerprint density at radius 3 is 2.83 bits per heavy atom. The first-order valence-electron chi connectivity index (χ1n) is 5.43. The van der Waals surface area contributed by atoms with E-state index in [2.05, 4.69) is 36.4 Å². The van der Waals surface area contributed by atoms with E-state index >= 15 is 0 Å². The standard InChI is InChI=1S/C11H13BrN4O2/c1-5(8-6(2)16-18-7(8)3)15-10-9(12)11(17)14-4-13-10/h4-5H,1-3H3,(H2,13,14,15,17). The smallest absolute Gasteiger partial charge is 0.267 e. The first-order valence-corrected chi connectivity index (χ1v) is 6.22. The zero-order chi connectivity index (χ0) is 13.3. The fourth-order valence-electron chi connectivity index (χ4n) is 1.87. The lowest BCUT2D eigenvalue weighted by Crippen LogP contribution is -2.15. The Kier molecular flexibility index (Phi) is 3.51. The van der Waals surface area contributed by atoms with Crippen molar-refractivity contribution in [3.8, 4) is 0 Å². The topological polar surface area (TPSA) is 83.8 Å². The van der Waals surface area contributed by atoms with Crippen molar-refractivity contribution in [2.75, 3.05) is 5.32 Å². The number of H-pyrrole nitrogens is 1. The van der Waals surface area contributed by atoms with Crippen LogP contribution in [0.4, 0.5) is 5.82 Å². The van der Waals surface area contributed by atoms with E-state index in [1.807, 2.05) is 20.8 Å². The van der Waals surface area contributed by atoms with E-state index < -0.39 is 0 Å². The number of nitrogens with one attached hydrogen (secondary N) is 2. The van der Waals surface area contributed by atoms with Crippen LogP contribution < -0.4 is 10.9 Å². The molecule has 1 atom stereocenters. The third-order valence-electron chi connectivity index (χ3n) is 2.67. The van der Waals surface area contributed by atoms with Crippen LogP contribution in [0.15, 0.2) is 20.1 Å². The van der Waals surface area contributed by atoms with Gasteiger partial charge in [-0.05, 0) is 36.7 Å². The Morgan fingerprint density at radius 1 is 1.50 bits per heavy atom. The van der Waals surface area contributed by atoms with E-state index in [1.54, 1.807) is 0 Å². The molecule has 2 aromatic heterocycles. The molecule has 1 unspecified atom stereocenters. The zero-order valence-corrected chi connectivity index (χ0v) is 11.8. The van der Waals surface area contributed by atoms with Crippen molar-refractivity contribution in [1.82, 2.24) is 15.1 Å². The van der Waals surface area contributed by atoms with Gasteiger partial charge in [0.1, 0.15) is 16.1 Å². The number of aryl methyl sites for hydroxylation is 2. The molecule has 0 aliphatic rings. The highest BCUT2D eigenvalue weighted by Crippen LogP contribution is 2.25. The van der Waals surface area contributed by atoms with Crippen molar-refractivity contribution in [1.29, 1.82) is 0 Å². The largest absolute Gasteiger partial charge is 0.362 e. The van der Waals surface area contributed by atoms with Gasteiger partial charge in [0.05, 0.1) is 18.1 Å². The molecule has 0 aliphatic heterocycles. The predicted molar refractivity (Wildman–Crippen MR) is 70.6 cm³/mol. The maximum atomic E-state index is 11.4. The highest BCUT2D eigenvalue weighted by Gasteiger charge is 2.18. The molecule has 96 valence electrons. The van der Waals surface area contributed by atoms with E-state index in [0.29, 0.717) is 10.3 Å². The van der Waals surface area contributed by atoms with Crippen molar-refractivity contribution >= 4 is 21.7 Å². The van der Waals surface area contributed by atoms with Crippen LogP contribution in [0, 0.1) is 13.8 Å². The monoisotopic (exact) mass is 312 g/mol. The SMILES string of the molecule is Cc1noc(C)c1C(C)Nc1nc[nH]c(=O)c1Br. The summed E-state index contributed by atoms with van der Waals surface area (Å²) < 4.78 is 5.50. The van der Waals surface area contributed by atoms with Crippen LogP contribution in [0.3, 0.4) is 0 Å². The van der Waals surface area contributed by atoms with Gasteiger partial charge in [0.15, 0.2) is 0 Å². The van der Waals surface area contributed by atoms with E-state index in [0.717, 1.165) is 17.0 Å². The van der Waals surface area contributed by atoms with Crippen LogP contribution in [0.25, 0.3) is 0 Å². The number of aromatic nitrogens is 3. The summed E-state index contributed by atoms with van der Waals surface area (Å²) in [5.74, 6) is 1.25. The molecular formula is C11H13BrN4O2. The van der Waals surface area contributed by atoms with Crippen LogP contribution in [-0.2, 0) is 0 Å². The lowest BCUT2D eigenvalue weighted by molar-refractivity contribution is 0.392. The summed E-state index contributed by atoms with van der Waals surface area (Å²) in [6, 6.07) is -0.0538. The number of hydrogen-bond acceptors (Lipinski definition) is 5. The second-order valence-corrected chi connectivity index (χ2v) is 4.79. The number of anilines is 1. The minimum Gasteiger partial charge on any atom is -0.362 e. The number of aromatic amines is 1. The van der Waals surface area contributed by atoms with Gasteiger partial charge in [0.2, 0.25) is 0 Å². The molecule has 7 heteroatoms. The summed E-state index contributed by atoms with van der Waals surface area (Å²) in [4.78, 5) is 18.0. The highest BCUT2D eigenvalue weighted by molar-refractivity contribution is 9.10. The molecule has 2 N–H and O–H groups in total. The normalized spacial score (nSPS) is 12.4. The molecule has 0 radical (unpaired) electrons. The molecular weight excluding hydrogens is 300 g/mol. The van der Waals surface area contributed by atoms with Gasteiger partial charge in [-0.25, -0.2) is 4.98 Å². The Morgan fingerprint density at radius 2 is 2.22 bits per heavy atom. The van der Waals surface area contributed by atoms with Crippen molar-refractivity contribution in [3.05, 3.63) is 38.2 Å². The Bertz CT molecular complexity index is 600. The molecule has 2 rings (SSSR count). The van der Waals surface area contributed by atoms with Gasteiger partial charge >= 0.3 is 0 Å². The van der Waals surface area contributed by atoms with E-state index in [1.165, 1.54) is 6.33 Å². The molecule has 2 aromatic rings. The molecule has 0 fully saturated rings. The van der Waals surface area contributed by atoms with Crippen molar-refractivity contribution in [3.63, 3.8) is 0 Å². The second kappa shape index (κ2) is 4.93. The van der Waals surface area contributed by atoms with Gasteiger partial charge in [0.25, 0.3) is 5.56 Å². The lowest BCUT2D eigenvalue weighted by Gasteiger charge is -2.14. The zero-order valence-electron chi connectivity index (χ0n) is 10.2. The number of halogens is 1. The maximum Gasteiger partial charge on any atom is 0.267 e. The summed E-state index contributed by atoms with van der Waals surface area (Å²) in [6.07, 6.45) is 1.36. The first-order chi connectivity index (χ1) is 8.50. The van der Waals surface area contributed by atoms with Crippen LogP contribution in [0.1, 0.15) is 30.0 Å². The van der Waals surface area contributed by atoms with Crippen LogP contribution in [-0.4, -0.2) is 15.1 Å². The minimum absolute atomic E-state index is 0.0538. The Hall–Kier alpha value is -1.63.